The van der Waals surface area contributed by atoms with E-state index in [1.54, 1.807) is 29.8 Å². The number of benzene rings is 2. The maximum Gasteiger partial charge on any atom is 0.266 e. The third-order valence-corrected chi connectivity index (χ3v) is 6.14. The molecule has 4 atom stereocenters. The van der Waals surface area contributed by atoms with Crippen LogP contribution in [0.4, 0.5) is 11.5 Å². The number of amides is 2. The molecule has 35 heavy (non-hydrogen) atoms. The van der Waals surface area contributed by atoms with Gasteiger partial charge in [0.2, 0.25) is 5.91 Å². The van der Waals surface area contributed by atoms with Gasteiger partial charge in [-0.2, -0.15) is 5.10 Å². The minimum absolute atomic E-state index is 0.0902. The molecule has 2 aliphatic heterocycles. The fourth-order valence-corrected chi connectivity index (χ4v) is 4.41. The third-order valence-electron chi connectivity index (χ3n) is 6.14. The molecular formula is C25H29N7O3. The molecule has 0 radical (unpaired) electrons. The summed E-state index contributed by atoms with van der Waals surface area (Å²) >= 11 is 0. The van der Waals surface area contributed by atoms with Crippen molar-refractivity contribution in [2.24, 2.45) is 5.92 Å². The number of para-hydroxylation sites is 1. The summed E-state index contributed by atoms with van der Waals surface area (Å²) in [4.78, 5) is 25.9. The standard InChI is InChI=1S/C25H29N7O3/c1-15-8-7-9-18(12-15)31-22-20(14-26-31)24(34)29-25(28-22)32-21(13-16(2)30-32)27-23(33)17(3)35-19-10-5-4-6-11-19/h4-13,17,20,22,25-26,28H,14H2,1-3H3,(H,27,33)(H,29,34). The largest absolute Gasteiger partial charge is 0.481 e. The number of hydrogen-bond donors (Lipinski definition) is 4. The first-order chi connectivity index (χ1) is 16.9. The van der Waals surface area contributed by atoms with E-state index < -0.39 is 12.4 Å². The predicted molar refractivity (Wildman–Crippen MR) is 131 cm³/mol. The second kappa shape index (κ2) is 9.40. The number of aromatic nitrogens is 2. The van der Waals surface area contributed by atoms with E-state index in [0.717, 1.165) is 11.3 Å². The van der Waals surface area contributed by atoms with E-state index >= 15 is 0 Å². The number of rotatable bonds is 6. The van der Waals surface area contributed by atoms with Crippen molar-refractivity contribution in [3.05, 3.63) is 71.9 Å². The molecule has 5 rings (SSSR count). The molecule has 4 N–H and O–H groups in total. The van der Waals surface area contributed by atoms with Gasteiger partial charge >= 0.3 is 0 Å². The maximum atomic E-state index is 13.0. The molecule has 0 bridgehead atoms. The Morgan fingerprint density at radius 3 is 2.71 bits per heavy atom. The summed E-state index contributed by atoms with van der Waals surface area (Å²) in [6, 6.07) is 19.0. The van der Waals surface area contributed by atoms with Gasteiger partial charge < -0.3 is 15.4 Å². The van der Waals surface area contributed by atoms with Crippen LogP contribution in [0.2, 0.25) is 0 Å². The highest BCUT2D eigenvalue weighted by Gasteiger charge is 2.45. The number of fused-ring (bicyclic) bond motifs is 1. The SMILES string of the molecule is Cc1cccc(N2NCC3C(=O)NC(n4nc(C)cc4NC(=O)C(C)Oc4ccccc4)NC32)c1. The van der Waals surface area contributed by atoms with Crippen LogP contribution in [0.25, 0.3) is 0 Å². The summed E-state index contributed by atoms with van der Waals surface area (Å²) in [5, 5.41) is 15.9. The predicted octanol–water partition coefficient (Wildman–Crippen LogP) is 2.05. The van der Waals surface area contributed by atoms with Crippen molar-refractivity contribution in [1.82, 2.24) is 25.8 Å². The minimum Gasteiger partial charge on any atom is -0.481 e. The second-order valence-corrected chi connectivity index (χ2v) is 8.88. The van der Waals surface area contributed by atoms with Gasteiger partial charge in [0, 0.05) is 12.6 Å². The van der Waals surface area contributed by atoms with E-state index in [4.69, 9.17) is 4.74 Å². The highest BCUT2D eigenvalue weighted by Crippen LogP contribution is 2.28. The van der Waals surface area contributed by atoms with Crippen LogP contribution in [0.5, 0.6) is 5.75 Å². The molecule has 2 fully saturated rings. The van der Waals surface area contributed by atoms with Crippen LogP contribution >= 0.6 is 0 Å². The lowest BCUT2D eigenvalue weighted by molar-refractivity contribution is -0.129. The van der Waals surface area contributed by atoms with Crippen LogP contribution in [0.1, 0.15) is 24.5 Å². The van der Waals surface area contributed by atoms with Crippen molar-refractivity contribution in [1.29, 1.82) is 0 Å². The van der Waals surface area contributed by atoms with Crippen molar-refractivity contribution < 1.29 is 14.3 Å². The van der Waals surface area contributed by atoms with Crippen LogP contribution < -0.4 is 31.1 Å². The fourth-order valence-electron chi connectivity index (χ4n) is 4.41. The molecule has 182 valence electrons. The highest BCUT2D eigenvalue weighted by atomic mass is 16.5. The molecule has 3 aromatic rings. The molecule has 10 heteroatoms. The fraction of sp³-hybridized carbons (Fsp3) is 0.320. The van der Waals surface area contributed by atoms with Crippen LogP contribution in [0.15, 0.2) is 60.7 Å². The third kappa shape index (κ3) is 4.71. The van der Waals surface area contributed by atoms with E-state index in [1.165, 1.54) is 0 Å². The summed E-state index contributed by atoms with van der Waals surface area (Å²) in [6.45, 7) is 6.07. The number of ether oxygens (including phenoxy) is 1. The van der Waals surface area contributed by atoms with Crippen molar-refractivity contribution in [3.63, 3.8) is 0 Å². The first-order valence-corrected chi connectivity index (χ1v) is 11.6. The Hall–Kier alpha value is -3.89. The molecule has 2 saturated heterocycles. The van der Waals surface area contributed by atoms with Gasteiger partial charge in [0.1, 0.15) is 17.7 Å². The van der Waals surface area contributed by atoms with Crippen molar-refractivity contribution in [2.75, 3.05) is 16.9 Å². The molecular weight excluding hydrogens is 446 g/mol. The number of carbonyl (C=O) groups is 2. The van der Waals surface area contributed by atoms with E-state index in [9.17, 15) is 9.59 Å². The lowest BCUT2D eigenvalue weighted by Crippen LogP contribution is -2.62. The molecule has 2 aliphatic rings. The maximum absolute atomic E-state index is 13.0. The molecule has 2 amide bonds. The van der Waals surface area contributed by atoms with Crippen molar-refractivity contribution in [3.8, 4) is 5.75 Å². The van der Waals surface area contributed by atoms with Gasteiger partial charge in [-0.1, -0.05) is 30.3 Å². The normalized spacial score (nSPS) is 22.3. The van der Waals surface area contributed by atoms with Gasteiger partial charge in [-0.05, 0) is 50.6 Å². The molecule has 10 nitrogen and oxygen atoms in total. The zero-order chi connectivity index (χ0) is 24.5. The van der Waals surface area contributed by atoms with Gasteiger partial charge in [0.15, 0.2) is 12.4 Å². The van der Waals surface area contributed by atoms with Crippen LogP contribution in [0, 0.1) is 19.8 Å². The summed E-state index contributed by atoms with van der Waals surface area (Å²) in [5.41, 5.74) is 6.13. The summed E-state index contributed by atoms with van der Waals surface area (Å²) < 4.78 is 7.33. The average Bonchev–Trinajstić information content (AvgIpc) is 3.43. The quantitative estimate of drug-likeness (QED) is 0.432. The van der Waals surface area contributed by atoms with Gasteiger partial charge in [0.05, 0.1) is 17.3 Å². The Kier molecular flexibility index (Phi) is 6.14. The average molecular weight is 476 g/mol. The van der Waals surface area contributed by atoms with Crippen LogP contribution in [-0.2, 0) is 9.59 Å². The van der Waals surface area contributed by atoms with Gasteiger partial charge in [-0.3, -0.25) is 19.9 Å². The lowest BCUT2D eigenvalue weighted by atomic mass is 10.0. The number of anilines is 2. The number of aryl methyl sites for hydroxylation is 2. The number of nitrogens with one attached hydrogen (secondary N) is 4. The molecule has 1 aromatic heterocycles. The topological polar surface area (TPSA) is 113 Å². The van der Waals surface area contributed by atoms with E-state index in [-0.39, 0.29) is 23.9 Å². The summed E-state index contributed by atoms with van der Waals surface area (Å²) in [5.74, 6) is 0.379. The summed E-state index contributed by atoms with van der Waals surface area (Å²) in [6.07, 6.45) is -1.66. The Balaban J connectivity index is 1.34. The lowest BCUT2D eigenvalue weighted by Gasteiger charge is -2.37. The van der Waals surface area contributed by atoms with Crippen LogP contribution in [-0.4, -0.2) is 40.4 Å². The molecule has 0 spiro atoms. The number of carbonyl (C=O) groups excluding carboxylic acids is 2. The molecule has 0 saturated carbocycles. The first kappa shape index (κ1) is 22.9. The Labute approximate surface area is 203 Å². The Bertz CT molecular complexity index is 1230. The van der Waals surface area contributed by atoms with Gasteiger partial charge in [-0.25, -0.2) is 10.1 Å². The number of hydrogen-bond acceptors (Lipinski definition) is 7. The van der Waals surface area contributed by atoms with E-state index in [2.05, 4.69) is 32.5 Å². The minimum atomic E-state index is -0.727. The van der Waals surface area contributed by atoms with E-state index in [1.807, 2.05) is 55.3 Å². The summed E-state index contributed by atoms with van der Waals surface area (Å²) in [7, 11) is 0. The molecule has 0 aliphatic carbocycles. The number of nitrogens with zero attached hydrogens (tertiary/aromatic N) is 3. The van der Waals surface area contributed by atoms with E-state index in [0.29, 0.717) is 23.8 Å². The Morgan fingerprint density at radius 2 is 1.94 bits per heavy atom. The van der Waals surface area contributed by atoms with Gasteiger partial charge in [0.25, 0.3) is 5.91 Å². The zero-order valence-electron chi connectivity index (χ0n) is 19.9. The second-order valence-electron chi connectivity index (χ2n) is 8.88. The Morgan fingerprint density at radius 1 is 1.14 bits per heavy atom. The van der Waals surface area contributed by atoms with Crippen molar-refractivity contribution >= 4 is 23.3 Å². The monoisotopic (exact) mass is 475 g/mol. The first-order valence-electron chi connectivity index (χ1n) is 11.6. The van der Waals surface area contributed by atoms with Crippen LogP contribution in [0.3, 0.4) is 0 Å². The van der Waals surface area contributed by atoms with Gasteiger partial charge in [-0.15, -0.1) is 0 Å². The highest BCUT2D eigenvalue weighted by molar-refractivity contribution is 5.93. The van der Waals surface area contributed by atoms with Crippen molar-refractivity contribution in [2.45, 2.75) is 39.3 Å². The smallest absolute Gasteiger partial charge is 0.266 e. The number of hydrazine groups is 1. The molecule has 3 heterocycles. The molecule has 2 aromatic carbocycles. The zero-order valence-corrected chi connectivity index (χ0v) is 19.9. The molecule has 4 unspecified atom stereocenters.